The largest absolute Gasteiger partial charge is 0.396 e. The van der Waals surface area contributed by atoms with Crippen molar-refractivity contribution in [2.45, 2.75) is 47.0 Å². The van der Waals surface area contributed by atoms with E-state index in [1.807, 2.05) is 20.8 Å². The molecular formula is C14H26N4O. The van der Waals surface area contributed by atoms with Gasteiger partial charge in [0, 0.05) is 29.5 Å². The molecular weight excluding hydrogens is 240 g/mol. The van der Waals surface area contributed by atoms with Gasteiger partial charge in [0.15, 0.2) is 0 Å². The number of hydrogen-bond acceptors (Lipinski definition) is 5. The average molecular weight is 266 g/mol. The molecule has 4 N–H and O–H groups in total. The number of anilines is 2. The molecule has 1 rings (SSSR count). The van der Waals surface area contributed by atoms with Crippen LogP contribution in [0.25, 0.3) is 0 Å². The maximum Gasteiger partial charge on any atom is 0.138 e. The lowest BCUT2D eigenvalue weighted by atomic mass is 9.94. The first-order valence-electron chi connectivity index (χ1n) is 6.56. The van der Waals surface area contributed by atoms with Crippen LogP contribution in [0.3, 0.4) is 0 Å². The minimum atomic E-state index is -0.200. The van der Waals surface area contributed by atoms with Crippen molar-refractivity contribution < 1.29 is 5.11 Å². The van der Waals surface area contributed by atoms with Crippen molar-refractivity contribution in [2.24, 2.45) is 5.41 Å². The molecule has 0 bridgehead atoms. The Kier molecular flexibility index (Phi) is 4.40. The van der Waals surface area contributed by atoms with E-state index >= 15 is 0 Å². The van der Waals surface area contributed by atoms with Crippen LogP contribution in [0.15, 0.2) is 0 Å². The summed E-state index contributed by atoms with van der Waals surface area (Å²) in [6, 6.07) is 0. The maximum atomic E-state index is 9.28. The lowest BCUT2D eigenvalue weighted by molar-refractivity contribution is 0.170. The molecule has 1 aromatic heterocycles. The van der Waals surface area contributed by atoms with Crippen LogP contribution in [0.5, 0.6) is 0 Å². The molecule has 1 heterocycles. The van der Waals surface area contributed by atoms with Crippen LogP contribution in [0.4, 0.5) is 11.6 Å². The standard InChI is InChI=1S/C14H26N4O/c1-9-10(15)17-12(13(2,3)4)18-11(9)16-7-14(5,6)8-19/h19H,7-8H2,1-6H3,(H3,15,16,17,18). The summed E-state index contributed by atoms with van der Waals surface area (Å²) in [5, 5.41) is 12.5. The van der Waals surface area contributed by atoms with Crippen LogP contribution in [-0.4, -0.2) is 28.2 Å². The summed E-state index contributed by atoms with van der Waals surface area (Å²) < 4.78 is 0. The fraction of sp³-hybridized carbons (Fsp3) is 0.714. The van der Waals surface area contributed by atoms with Crippen molar-refractivity contribution in [3.8, 4) is 0 Å². The predicted molar refractivity (Wildman–Crippen MR) is 79.2 cm³/mol. The second-order valence-electron chi connectivity index (χ2n) is 6.83. The van der Waals surface area contributed by atoms with E-state index in [1.165, 1.54) is 0 Å². The summed E-state index contributed by atoms with van der Waals surface area (Å²) in [5.74, 6) is 1.98. The summed E-state index contributed by atoms with van der Waals surface area (Å²) in [6.45, 7) is 12.8. The van der Waals surface area contributed by atoms with Gasteiger partial charge in [0.05, 0.1) is 0 Å². The number of aliphatic hydroxyl groups is 1. The van der Waals surface area contributed by atoms with Crippen LogP contribution in [-0.2, 0) is 5.41 Å². The lowest BCUT2D eigenvalue weighted by Gasteiger charge is -2.24. The number of rotatable bonds is 4. The van der Waals surface area contributed by atoms with E-state index in [4.69, 9.17) is 5.73 Å². The van der Waals surface area contributed by atoms with E-state index in [0.717, 1.165) is 17.2 Å². The highest BCUT2D eigenvalue weighted by Gasteiger charge is 2.22. The highest BCUT2D eigenvalue weighted by molar-refractivity contribution is 5.55. The van der Waals surface area contributed by atoms with Gasteiger partial charge in [0.25, 0.3) is 0 Å². The molecule has 0 fully saturated rings. The molecule has 0 spiro atoms. The minimum Gasteiger partial charge on any atom is -0.396 e. The fourth-order valence-corrected chi connectivity index (χ4v) is 1.42. The predicted octanol–water partition coefficient (Wildman–Crippen LogP) is 2.10. The summed E-state index contributed by atoms with van der Waals surface area (Å²) >= 11 is 0. The van der Waals surface area contributed by atoms with E-state index < -0.39 is 0 Å². The first kappa shape index (κ1) is 15.7. The topological polar surface area (TPSA) is 84.1 Å². The molecule has 0 aliphatic heterocycles. The maximum absolute atomic E-state index is 9.28. The van der Waals surface area contributed by atoms with E-state index in [2.05, 4.69) is 36.1 Å². The average Bonchev–Trinajstić information content (AvgIpc) is 2.29. The van der Waals surface area contributed by atoms with E-state index in [-0.39, 0.29) is 17.4 Å². The molecule has 0 saturated heterocycles. The first-order chi connectivity index (χ1) is 8.57. The highest BCUT2D eigenvalue weighted by Crippen LogP contribution is 2.25. The zero-order valence-electron chi connectivity index (χ0n) is 12.8. The summed E-state index contributed by atoms with van der Waals surface area (Å²) in [6.07, 6.45) is 0. The molecule has 108 valence electrons. The van der Waals surface area contributed by atoms with Gasteiger partial charge in [0.1, 0.15) is 17.5 Å². The smallest absolute Gasteiger partial charge is 0.138 e. The Morgan fingerprint density at radius 1 is 1.16 bits per heavy atom. The highest BCUT2D eigenvalue weighted by atomic mass is 16.3. The molecule has 0 atom stereocenters. The second-order valence-corrected chi connectivity index (χ2v) is 6.83. The summed E-state index contributed by atoms with van der Waals surface area (Å²) in [7, 11) is 0. The van der Waals surface area contributed by atoms with Crippen molar-refractivity contribution >= 4 is 11.6 Å². The lowest BCUT2D eigenvalue weighted by Crippen LogP contribution is -2.28. The molecule has 0 radical (unpaired) electrons. The summed E-state index contributed by atoms with van der Waals surface area (Å²) in [5.41, 5.74) is 6.45. The van der Waals surface area contributed by atoms with Crippen molar-refractivity contribution in [1.82, 2.24) is 9.97 Å². The van der Waals surface area contributed by atoms with Crippen LogP contribution in [0.2, 0.25) is 0 Å². The molecule has 0 aliphatic carbocycles. The number of nitrogens with one attached hydrogen (secondary N) is 1. The van der Waals surface area contributed by atoms with Gasteiger partial charge in [-0.2, -0.15) is 0 Å². The number of hydrogen-bond donors (Lipinski definition) is 3. The molecule has 1 aromatic rings. The Bertz CT molecular complexity index is 449. The van der Waals surface area contributed by atoms with Gasteiger partial charge in [-0.05, 0) is 6.92 Å². The number of aliphatic hydroxyl groups excluding tert-OH is 1. The third-order valence-corrected chi connectivity index (χ3v) is 3.02. The number of nitrogens with zero attached hydrogens (tertiary/aromatic N) is 2. The van der Waals surface area contributed by atoms with Crippen molar-refractivity contribution in [1.29, 1.82) is 0 Å². The molecule has 0 aliphatic rings. The SMILES string of the molecule is Cc1c(N)nc(C(C)(C)C)nc1NCC(C)(C)CO. The molecule has 0 saturated carbocycles. The monoisotopic (exact) mass is 266 g/mol. The van der Waals surface area contributed by atoms with Crippen LogP contribution >= 0.6 is 0 Å². The fourth-order valence-electron chi connectivity index (χ4n) is 1.42. The van der Waals surface area contributed by atoms with Crippen molar-refractivity contribution in [2.75, 3.05) is 24.2 Å². The van der Waals surface area contributed by atoms with Crippen LogP contribution in [0.1, 0.15) is 46.0 Å². The molecule has 5 nitrogen and oxygen atoms in total. The van der Waals surface area contributed by atoms with Gasteiger partial charge in [-0.25, -0.2) is 9.97 Å². The van der Waals surface area contributed by atoms with E-state index in [9.17, 15) is 5.11 Å². The molecule has 5 heteroatoms. The van der Waals surface area contributed by atoms with Crippen LogP contribution < -0.4 is 11.1 Å². The van der Waals surface area contributed by atoms with Gasteiger partial charge in [0.2, 0.25) is 0 Å². The van der Waals surface area contributed by atoms with Gasteiger partial charge in [-0.3, -0.25) is 0 Å². The third-order valence-electron chi connectivity index (χ3n) is 3.02. The Morgan fingerprint density at radius 2 is 1.74 bits per heavy atom. The minimum absolute atomic E-state index is 0.117. The first-order valence-corrected chi connectivity index (χ1v) is 6.56. The molecule has 0 unspecified atom stereocenters. The Hall–Kier alpha value is -1.36. The van der Waals surface area contributed by atoms with Gasteiger partial charge >= 0.3 is 0 Å². The van der Waals surface area contributed by atoms with Gasteiger partial charge in [-0.15, -0.1) is 0 Å². The van der Waals surface area contributed by atoms with Crippen LogP contribution in [0, 0.1) is 12.3 Å². The quantitative estimate of drug-likeness (QED) is 0.777. The zero-order valence-corrected chi connectivity index (χ0v) is 12.8. The van der Waals surface area contributed by atoms with E-state index in [1.54, 1.807) is 0 Å². The van der Waals surface area contributed by atoms with Crippen molar-refractivity contribution in [3.05, 3.63) is 11.4 Å². The Balaban J connectivity index is 3.04. The van der Waals surface area contributed by atoms with Crippen molar-refractivity contribution in [3.63, 3.8) is 0 Å². The molecule has 0 amide bonds. The van der Waals surface area contributed by atoms with Gasteiger partial charge in [-0.1, -0.05) is 34.6 Å². The number of nitrogens with two attached hydrogens (primary N) is 1. The second kappa shape index (κ2) is 5.33. The number of nitrogen functional groups attached to an aromatic ring is 1. The normalized spacial score (nSPS) is 12.6. The Morgan fingerprint density at radius 3 is 2.21 bits per heavy atom. The summed E-state index contributed by atoms with van der Waals surface area (Å²) in [4.78, 5) is 8.90. The van der Waals surface area contributed by atoms with Gasteiger partial charge < -0.3 is 16.2 Å². The Labute approximate surface area is 115 Å². The number of aromatic nitrogens is 2. The molecule has 19 heavy (non-hydrogen) atoms. The van der Waals surface area contributed by atoms with E-state index in [0.29, 0.717) is 12.4 Å². The third kappa shape index (κ3) is 4.06. The molecule has 0 aromatic carbocycles. The zero-order chi connectivity index (χ0) is 14.8.